The largest absolute Gasteiger partial charge is 0.388 e. The van der Waals surface area contributed by atoms with Gasteiger partial charge in [-0.25, -0.2) is 0 Å². The normalized spacial score (nSPS) is 9.58. The Morgan fingerprint density at radius 1 is 1.58 bits per heavy atom. The van der Waals surface area contributed by atoms with E-state index in [9.17, 15) is 0 Å². The zero-order valence-corrected chi connectivity index (χ0v) is 8.41. The van der Waals surface area contributed by atoms with Crippen LogP contribution in [0.15, 0.2) is 23.6 Å². The van der Waals surface area contributed by atoms with Gasteiger partial charge in [-0.05, 0) is 12.1 Å². The molecule has 0 saturated carbocycles. The molecule has 64 valence electrons. The molecule has 0 saturated heterocycles. The lowest BCUT2D eigenvalue weighted by molar-refractivity contribution is 1.40. The van der Waals surface area contributed by atoms with E-state index in [2.05, 4.69) is 24.5 Å². The molecule has 12 heavy (non-hydrogen) atoms. The van der Waals surface area contributed by atoms with E-state index in [1.54, 1.807) is 6.08 Å². The lowest BCUT2D eigenvalue weighted by atomic mass is 10.2. The molecule has 3 heteroatoms. The third-order valence-electron chi connectivity index (χ3n) is 1.60. The number of hydrogen-bond donors (Lipinski definition) is 2. The molecule has 0 heterocycles. The van der Waals surface area contributed by atoms with E-state index in [0.29, 0.717) is 5.02 Å². The van der Waals surface area contributed by atoms with Crippen molar-refractivity contribution >= 4 is 36.0 Å². The van der Waals surface area contributed by atoms with Crippen molar-refractivity contribution in [1.29, 1.82) is 0 Å². The second-order valence-corrected chi connectivity index (χ2v) is 3.23. The summed E-state index contributed by atoms with van der Waals surface area (Å²) in [5.74, 6) is 0. The molecular weight excluding hydrogens is 190 g/mol. The van der Waals surface area contributed by atoms with Gasteiger partial charge in [0.05, 0.1) is 5.02 Å². The number of thiol groups is 1. The van der Waals surface area contributed by atoms with Crippen LogP contribution >= 0.6 is 24.2 Å². The number of anilines is 1. The summed E-state index contributed by atoms with van der Waals surface area (Å²) in [6.07, 6.45) is 1.70. The van der Waals surface area contributed by atoms with E-state index in [4.69, 9.17) is 11.6 Å². The Hall–Kier alpha value is -0.600. The van der Waals surface area contributed by atoms with Crippen LogP contribution in [-0.4, -0.2) is 7.05 Å². The highest BCUT2D eigenvalue weighted by molar-refractivity contribution is 7.80. The molecular formula is C9H10ClNS. The fraction of sp³-hybridized carbons (Fsp3) is 0.111. The Morgan fingerprint density at radius 3 is 2.67 bits per heavy atom. The van der Waals surface area contributed by atoms with Crippen LogP contribution in [0.3, 0.4) is 0 Å². The molecule has 0 aliphatic carbocycles. The quantitative estimate of drug-likeness (QED) is 0.697. The summed E-state index contributed by atoms with van der Waals surface area (Å²) in [5.41, 5.74) is 1.83. The van der Waals surface area contributed by atoms with Gasteiger partial charge in [-0.1, -0.05) is 24.3 Å². The third kappa shape index (κ3) is 1.76. The number of hydrogen-bond acceptors (Lipinski definition) is 2. The second-order valence-electron chi connectivity index (χ2n) is 2.34. The Balaban J connectivity index is 3.27. The van der Waals surface area contributed by atoms with E-state index in [1.807, 2.05) is 19.2 Å². The maximum atomic E-state index is 5.95. The number of rotatable bonds is 2. The minimum atomic E-state index is 0.668. The van der Waals surface area contributed by atoms with Gasteiger partial charge in [0.25, 0.3) is 0 Å². The molecule has 1 aromatic rings. The van der Waals surface area contributed by atoms with Gasteiger partial charge < -0.3 is 5.32 Å². The van der Waals surface area contributed by atoms with Gasteiger partial charge in [-0.2, -0.15) is 0 Å². The van der Waals surface area contributed by atoms with Gasteiger partial charge in [-0.3, -0.25) is 0 Å². The van der Waals surface area contributed by atoms with Crippen LogP contribution in [-0.2, 0) is 0 Å². The fourth-order valence-corrected chi connectivity index (χ4v) is 1.66. The average molecular weight is 200 g/mol. The molecule has 0 bridgehead atoms. The van der Waals surface area contributed by atoms with Gasteiger partial charge in [-0.15, -0.1) is 12.6 Å². The van der Waals surface area contributed by atoms with Crippen molar-refractivity contribution in [1.82, 2.24) is 0 Å². The van der Waals surface area contributed by atoms with E-state index in [-0.39, 0.29) is 0 Å². The van der Waals surface area contributed by atoms with E-state index < -0.39 is 0 Å². The Morgan fingerprint density at radius 2 is 2.25 bits per heavy atom. The Labute approximate surface area is 82.8 Å². The standard InChI is InChI=1S/C9H10ClNS/c1-3-7-8(10)4-6(11-2)5-9(7)12/h3-5,11-12H,1H2,2H3. The van der Waals surface area contributed by atoms with E-state index >= 15 is 0 Å². The number of nitrogens with one attached hydrogen (secondary N) is 1. The Kier molecular flexibility index (Phi) is 3.06. The molecule has 1 nitrogen and oxygen atoms in total. The fourth-order valence-electron chi connectivity index (χ4n) is 0.950. The van der Waals surface area contributed by atoms with E-state index in [1.165, 1.54) is 0 Å². The first-order valence-electron chi connectivity index (χ1n) is 3.51. The predicted octanol–water partition coefficient (Wildman–Crippen LogP) is 3.31. The van der Waals surface area contributed by atoms with Gasteiger partial charge >= 0.3 is 0 Å². The minimum absolute atomic E-state index is 0.668. The smallest absolute Gasteiger partial charge is 0.0509 e. The molecule has 1 N–H and O–H groups in total. The summed E-state index contributed by atoms with van der Waals surface area (Å²) < 4.78 is 0. The van der Waals surface area contributed by atoms with Gasteiger partial charge in [0.15, 0.2) is 0 Å². The van der Waals surface area contributed by atoms with Gasteiger partial charge in [0.2, 0.25) is 0 Å². The summed E-state index contributed by atoms with van der Waals surface area (Å²) >= 11 is 10.2. The monoisotopic (exact) mass is 199 g/mol. The topological polar surface area (TPSA) is 12.0 Å². The predicted molar refractivity (Wildman–Crippen MR) is 58.3 cm³/mol. The van der Waals surface area contributed by atoms with Crippen LogP contribution in [0, 0.1) is 0 Å². The first-order valence-corrected chi connectivity index (χ1v) is 4.34. The maximum Gasteiger partial charge on any atom is 0.0509 e. The number of benzene rings is 1. The highest BCUT2D eigenvalue weighted by Crippen LogP contribution is 2.28. The molecule has 0 aliphatic heterocycles. The molecule has 1 aromatic carbocycles. The van der Waals surface area contributed by atoms with Crippen molar-refractivity contribution in [2.75, 3.05) is 12.4 Å². The summed E-state index contributed by atoms with van der Waals surface area (Å²) in [6.45, 7) is 3.65. The highest BCUT2D eigenvalue weighted by Gasteiger charge is 2.02. The highest BCUT2D eigenvalue weighted by atomic mass is 35.5. The van der Waals surface area contributed by atoms with Crippen LogP contribution < -0.4 is 5.32 Å². The van der Waals surface area contributed by atoms with Crippen LogP contribution in [0.2, 0.25) is 5.02 Å². The first kappa shape index (κ1) is 9.49. The molecule has 1 rings (SSSR count). The Bertz CT molecular complexity index is 286. The minimum Gasteiger partial charge on any atom is -0.388 e. The van der Waals surface area contributed by atoms with Crippen molar-refractivity contribution in [2.45, 2.75) is 4.90 Å². The third-order valence-corrected chi connectivity index (χ3v) is 2.28. The summed E-state index contributed by atoms with van der Waals surface area (Å²) in [6, 6.07) is 3.75. The summed E-state index contributed by atoms with van der Waals surface area (Å²) in [4.78, 5) is 0.835. The maximum absolute atomic E-state index is 5.95. The second kappa shape index (κ2) is 3.87. The lowest BCUT2D eigenvalue weighted by Gasteiger charge is -2.06. The average Bonchev–Trinajstić information content (AvgIpc) is 2.03. The first-order chi connectivity index (χ1) is 5.69. The van der Waals surface area contributed by atoms with Crippen LogP contribution in [0.5, 0.6) is 0 Å². The molecule has 0 radical (unpaired) electrons. The van der Waals surface area contributed by atoms with Crippen molar-refractivity contribution < 1.29 is 0 Å². The molecule has 0 aromatic heterocycles. The van der Waals surface area contributed by atoms with Crippen molar-refractivity contribution in [3.63, 3.8) is 0 Å². The van der Waals surface area contributed by atoms with E-state index in [0.717, 1.165) is 16.1 Å². The molecule has 0 atom stereocenters. The SMILES string of the molecule is C=Cc1c(S)cc(NC)cc1Cl. The van der Waals surface area contributed by atoms with Crippen molar-refractivity contribution in [2.24, 2.45) is 0 Å². The van der Waals surface area contributed by atoms with Crippen LogP contribution in [0.4, 0.5) is 5.69 Å². The van der Waals surface area contributed by atoms with Gasteiger partial charge in [0, 0.05) is 23.2 Å². The molecule has 0 spiro atoms. The molecule has 0 fully saturated rings. The van der Waals surface area contributed by atoms with Gasteiger partial charge in [0.1, 0.15) is 0 Å². The van der Waals surface area contributed by atoms with Crippen molar-refractivity contribution in [3.05, 3.63) is 29.3 Å². The molecule has 0 aliphatic rings. The molecule has 0 unspecified atom stereocenters. The van der Waals surface area contributed by atoms with Crippen LogP contribution in [0.1, 0.15) is 5.56 Å². The molecule has 0 amide bonds. The van der Waals surface area contributed by atoms with Crippen molar-refractivity contribution in [3.8, 4) is 0 Å². The zero-order chi connectivity index (χ0) is 9.14. The summed E-state index contributed by atoms with van der Waals surface area (Å²) in [5, 5.41) is 3.66. The number of halogens is 1. The summed E-state index contributed by atoms with van der Waals surface area (Å²) in [7, 11) is 1.84. The van der Waals surface area contributed by atoms with Crippen LogP contribution in [0.25, 0.3) is 6.08 Å². The lowest BCUT2D eigenvalue weighted by Crippen LogP contribution is -1.89. The zero-order valence-electron chi connectivity index (χ0n) is 6.76.